The van der Waals surface area contributed by atoms with Gasteiger partial charge in [-0.15, -0.1) is 17.0 Å². The van der Waals surface area contributed by atoms with Gasteiger partial charge in [0.25, 0.3) is 0 Å². The van der Waals surface area contributed by atoms with Crippen molar-refractivity contribution >= 4 is 27.8 Å². The maximum atomic E-state index is 5.34. The number of halogens is 1. The first-order chi connectivity index (χ1) is 7.36. The molecule has 16 heavy (non-hydrogen) atoms. The van der Waals surface area contributed by atoms with Crippen LogP contribution in [0.15, 0.2) is 36.4 Å². The van der Waals surface area contributed by atoms with E-state index >= 15 is 0 Å². The highest BCUT2D eigenvalue weighted by molar-refractivity contribution is 8.93. The Balaban J connectivity index is 0.00000128. The Labute approximate surface area is 106 Å². The third-order valence-corrected chi connectivity index (χ3v) is 2.56. The highest BCUT2D eigenvalue weighted by Crippen LogP contribution is 2.28. The van der Waals surface area contributed by atoms with Gasteiger partial charge in [0.15, 0.2) is 0 Å². The summed E-state index contributed by atoms with van der Waals surface area (Å²) in [6.07, 6.45) is 0. The summed E-state index contributed by atoms with van der Waals surface area (Å²) in [6, 6.07) is 12.4. The van der Waals surface area contributed by atoms with E-state index in [4.69, 9.17) is 4.74 Å². The largest absolute Gasteiger partial charge is 0.496 e. The Morgan fingerprint density at radius 2 is 1.75 bits per heavy atom. The van der Waals surface area contributed by atoms with Gasteiger partial charge in [0, 0.05) is 11.9 Å². The zero-order chi connectivity index (χ0) is 10.7. The van der Waals surface area contributed by atoms with Crippen LogP contribution in [0, 0.1) is 0 Å². The quantitative estimate of drug-likeness (QED) is 0.933. The van der Waals surface area contributed by atoms with Crippen molar-refractivity contribution < 1.29 is 4.74 Å². The van der Waals surface area contributed by atoms with E-state index in [0.717, 1.165) is 12.3 Å². The average molecular weight is 282 g/mol. The summed E-state index contributed by atoms with van der Waals surface area (Å²) in [7, 11) is 3.67. The van der Waals surface area contributed by atoms with Gasteiger partial charge in [-0.2, -0.15) is 0 Å². The van der Waals surface area contributed by atoms with Crippen LogP contribution in [0.5, 0.6) is 5.75 Å². The standard InChI is InChI=1S/C13H15NO.BrH/c1-14-9-10-7-8-13(15-2)12-6-4-3-5-11(10)12;/h3-8,14H,9H2,1-2H3;1H. The van der Waals surface area contributed by atoms with Crippen LogP contribution in [-0.4, -0.2) is 14.2 Å². The minimum atomic E-state index is 0. The number of methoxy groups -OCH3 is 1. The fraction of sp³-hybridized carbons (Fsp3) is 0.231. The lowest BCUT2D eigenvalue weighted by atomic mass is 10.0. The number of nitrogens with one attached hydrogen (secondary N) is 1. The normalized spacial score (nSPS) is 9.88. The van der Waals surface area contributed by atoms with Crippen molar-refractivity contribution in [1.29, 1.82) is 0 Å². The summed E-state index contributed by atoms with van der Waals surface area (Å²) in [4.78, 5) is 0. The maximum Gasteiger partial charge on any atom is 0.126 e. The second kappa shape index (κ2) is 5.87. The van der Waals surface area contributed by atoms with Gasteiger partial charge in [-0.3, -0.25) is 0 Å². The molecule has 0 aromatic heterocycles. The molecule has 0 bridgehead atoms. The third-order valence-electron chi connectivity index (χ3n) is 2.56. The van der Waals surface area contributed by atoms with Crippen molar-refractivity contribution in [3.63, 3.8) is 0 Å². The number of benzene rings is 2. The monoisotopic (exact) mass is 281 g/mol. The number of hydrogen-bond acceptors (Lipinski definition) is 2. The van der Waals surface area contributed by atoms with E-state index in [1.807, 2.05) is 19.2 Å². The summed E-state index contributed by atoms with van der Waals surface area (Å²) in [5.74, 6) is 0.936. The van der Waals surface area contributed by atoms with Crippen LogP contribution in [-0.2, 0) is 6.54 Å². The lowest BCUT2D eigenvalue weighted by Gasteiger charge is -2.09. The topological polar surface area (TPSA) is 21.3 Å². The number of fused-ring (bicyclic) bond motifs is 1. The lowest BCUT2D eigenvalue weighted by Crippen LogP contribution is -2.05. The molecule has 2 aromatic carbocycles. The van der Waals surface area contributed by atoms with Gasteiger partial charge >= 0.3 is 0 Å². The predicted octanol–water partition coefficient (Wildman–Crippen LogP) is 3.15. The molecule has 86 valence electrons. The van der Waals surface area contributed by atoms with Crippen molar-refractivity contribution in [2.24, 2.45) is 0 Å². The molecule has 0 aliphatic carbocycles. The van der Waals surface area contributed by atoms with E-state index in [1.54, 1.807) is 7.11 Å². The van der Waals surface area contributed by atoms with Crippen LogP contribution in [0.2, 0.25) is 0 Å². The van der Waals surface area contributed by atoms with Gasteiger partial charge < -0.3 is 10.1 Å². The summed E-state index contributed by atoms with van der Waals surface area (Å²) in [6.45, 7) is 0.879. The Morgan fingerprint density at radius 3 is 2.38 bits per heavy atom. The first-order valence-electron chi connectivity index (χ1n) is 5.06. The van der Waals surface area contributed by atoms with E-state index < -0.39 is 0 Å². The van der Waals surface area contributed by atoms with Crippen LogP contribution < -0.4 is 10.1 Å². The lowest BCUT2D eigenvalue weighted by molar-refractivity contribution is 0.419. The van der Waals surface area contributed by atoms with Crippen molar-refractivity contribution in [2.75, 3.05) is 14.2 Å². The SMILES string of the molecule is Br.CNCc1ccc(OC)c2ccccc12. The van der Waals surface area contributed by atoms with Crippen LogP contribution in [0.1, 0.15) is 5.56 Å². The summed E-state index contributed by atoms with van der Waals surface area (Å²) in [5, 5.41) is 5.60. The molecule has 2 aromatic rings. The van der Waals surface area contributed by atoms with Crippen molar-refractivity contribution in [2.45, 2.75) is 6.54 Å². The predicted molar refractivity (Wildman–Crippen MR) is 73.6 cm³/mol. The fourth-order valence-corrected chi connectivity index (χ4v) is 1.86. The molecular formula is C13H16BrNO. The van der Waals surface area contributed by atoms with E-state index in [0.29, 0.717) is 0 Å². The highest BCUT2D eigenvalue weighted by atomic mass is 79.9. The molecule has 0 spiro atoms. The minimum absolute atomic E-state index is 0. The van der Waals surface area contributed by atoms with Crippen molar-refractivity contribution in [3.8, 4) is 5.75 Å². The third kappa shape index (κ3) is 2.36. The van der Waals surface area contributed by atoms with E-state index in [2.05, 4.69) is 29.6 Å². The second-order valence-electron chi connectivity index (χ2n) is 3.50. The zero-order valence-corrected chi connectivity index (χ0v) is 11.2. The first kappa shape index (κ1) is 13.0. The molecule has 0 saturated heterocycles. The van der Waals surface area contributed by atoms with E-state index in [1.165, 1.54) is 16.3 Å². The molecule has 3 heteroatoms. The Kier molecular flexibility index (Phi) is 4.77. The van der Waals surface area contributed by atoms with Gasteiger partial charge in [-0.05, 0) is 24.1 Å². The molecule has 0 unspecified atom stereocenters. The van der Waals surface area contributed by atoms with Crippen LogP contribution >= 0.6 is 17.0 Å². The molecular weight excluding hydrogens is 266 g/mol. The molecule has 1 N–H and O–H groups in total. The molecule has 0 radical (unpaired) electrons. The fourth-order valence-electron chi connectivity index (χ4n) is 1.86. The van der Waals surface area contributed by atoms with Gasteiger partial charge in [-0.25, -0.2) is 0 Å². The molecule has 0 heterocycles. The van der Waals surface area contributed by atoms with Crippen LogP contribution in [0.3, 0.4) is 0 Å². The van der Waals surface area contributed by atoms with Crippen molar-refractivity contribution in [3.05, 3.63) is 42.0 Å². The van der Waals surface area contributed by atoms with E-state index in [-0.39, 0.29) is 17.0 Å². The second-order valence-corrected chi connectivity index (χ2v) is 3.50. The molecule has 0 aliphatic rings. The molecule has 2 nitrogen and oxygen atoms in total. The molecule has 0 amide bonds. The van der Waals surface area contributed by atoms with Gasteiger partial charge in [-0.1, -0.05) is 30.3 Å². The molecule has 0 fully saturated rings. The maximum absolute atomic E-state index is 5.34. The van der Waals surface area contributed by atoms with E-state index in [9.17, 15) is 0 Å². The molecule has 0 atom stereocenters. The van der Waals surface area contributed by atoms with Crippen LogP contribution in [0.25, 0.3) is 10.8 Å². The van der Waals surface area contributed by atoms with Crippen molar-refractivity contribution in [1.82, 2.24) is 5.32 Å². The molecule has 2 rings (SSSR count). The first-order valence-corrected chi connectivity index (χ1v) is 5.06. The van der Waals surface area contributed by atoms with Gasteiger partial charge in [0.1, 0.15) is 5.75 Å². The summed E-state index contributed by atoms with van der Waals surface area (Å²) >= 11 is 0. The summed E-state index contributed by atoms with van der Waals surface area (Å²) < 4.78 is 5.34. The van der Waals surface area contributed by atoms with Crippen LogP contribution in [0.4, 0.5) is 0 Å². The highest BCUT2D eigenvalue weighted by Gasteiger charge is 2.04. The number of ether oxygens (including phenoxy) is 1. The van der Waals surface area contributed by atoms with Gasteiger partial charge in [0.05, 0.1) is 7.11 Å². The average Bonchev–Trinajstić information content (AvgIpc) is 2.30. The smallest absolute Gasteiger partial charge is 0.126 e. The van der Waals surface area contributed by atoms with Gasteiger partial charge in [0.2, 0.25) is 0 Å². The minimum Gasteiger partial charge on any atom is -0.496 e. The number of rotatable bonds is 3. The number of hydrogen-bond donors (Lipinski definition) is 1. The Morgan fingerprint density at radius 1 is 1.06 bits per heavy atom. The molecule has 0 aliphatic heterocycles. The Bertz CT molecular complexity index is 470. The molecule has 0 saturated carbocycles. The summed E-state index contributed by atoms with van der Waals surface area (Å²) in [5.41, 5.74) is 1.30. The Hall–Kier alpha value is -1.06. The zero-order valence-electron chi connectivity index (χ0n) is 9.49.